The van der Waals surface area contributed by atoms with E-state index in [1.54, 1.807) is 48.5 Å². The monoisotopic (exact) mass is 661 g/mol. The van der Waals surface area contributed by atoms with Crippen LogP contribution in [0, 0.1) is 0 Å². The molecule has 0 unspecified atom stereocenters. The first-order valence-corrected chi connectivity index (χ1v) is 15.6. The Labute approximate surface area is 271 Å². The van der Waals surface area contributed by atoms with E-state index in [9.17, 15) is 24.0 Å². The normalized spacial score (nSPS) is 17.5. The lowest BCUT2D eigenvalue weighted by Gasteiger charge is -2.49. The molecule has 46 heavy (non-hydrogen) atoms. The number of hydrogen-bond acceptors (Lipinski definition) is 13. The molecule has 0 spiro atoms. The lowest BCUT2D eigenvalue weighted by Crippen LogP contribution is -2.71. The van der Waals surface area contributed by atoms with Gasteiger partial charge in [0.25, 0.3) is 11.8 Å². The number of thiazole rings is 1. The molecule has 0 bridgehead atoms. The standard InChI is InChI=1S/C31H27N5O8S2/c1-16(29(40)42-3)20-14-45-28-23(34-26(38)22(35-44-17(2)37)21-15-46-31(32)33-21)27(39)36(28)24(20)30(41)43-25(18-10-6-4-7-11-18)19-12-8-5-9-13-19/h4-13,15,23,25,28H,1,14H2,2-3H3,(H2,32,33)(H,34,38)/b35-22-/t23-,28-/m1/s1. The van der Waals surface area contributed by atoms with Crippen LogP contribution in [0.1, 0.15) is 29.8 Å². The average Bonchev–Trinajstić information content (AvgIpc) is 3.50. The third-order valence-electron chi connectivity index (χ3n) is 6.92. The number of nitrogens with two attached hydrogens (primary N) is 1. The molecule has 3 aromatic rings. The van der Waals surface area contributed by atoms with Crippen molar-refractivity contribution in [3.8, 4) is 0 Å². The maximum atomic E-state index is 14.0. The van der Waals surface area contributed by atoms with E-state index in [1.807, 2.05) is 12.1 Å². The lowest BCUT2D eigenvalue weighted by atomic mass is 9.98. The van der Waals surface area contributed by atoms with Gasteiger partial charge in [-0.25, -0.2) is 19.4 Å². The van der Waals surface area contributed by atoms with E-state index in [-0.39, 0.29) is 39.1 Å². The number of rotatable bonds is 10. The van der Waals surface area contributed by atoms with Gasteiger partial charge in [0.2, 0.25) is 0 Å². The number of benzene rings is 2. The van der Waals surface area contributed by atoms with Gasteiger partial charge in [0.05, 0.1) is 12.7 Å². The molecular weight excluding hydrogens is 635 g/mol. The first-order valence-electron chi connectivity index (χ1n) is 13.6. The fourth-order valence-corrected chi connectivity index (χ4v) is 6.68. The second-order valence-electron chi connectivity index (χ2n) is 9.86. The van der Waals surface area contributed by atoms with E-state index in [2.05, 4.69) is 26.9 Å². The van der Waals surface area contributed by atoms with Gasteiger partial charge in [-0.15, -0.1) is 23.1 Å². The number of nitrogens with zero attached hydrogens (tertiary/aromatic N) is 3. The Balaban J connectivity index is 1.46. The van der Waals surface area contributed by atoms with Gasteiger partial charge in [-0.05, 0) is 11.1 Å². The number of hydrogen-bond donors (Lipinski definition) is 2. The summed E-state index contributed by atoms with van der Waals surface area (Å²) in [5, 5.41) is 7.02. The van der Waals surface area contributed by atoms with Crippen molar-refractivity contribution in [3.63, 3.8) is 0 Å². The highest BCUT2D eigenvalue weighted by Gasteiger charge is 2.55. The van der Waals surface area contributed by atoms with Crippen LogP contribution in [0.25, 0.3) is 0 Å². The van der Waals surface area contributed by atoms with Crippen molar-refractivity contribution in [3.05, 3.63) is 106 Å². The number of carbonyl (C=O) groups is 5. The molecule has 5 rings (SSSR count). The van der Waals surface area contributed by atoms with Gasteiger partial charge in [-0.1, -0.05) is 72.4 Å². The molecule has 13 nitrogen and oxygen atoms in total. The second-order valence-corrected chi connectivity index (χ2v) is 11.9. The highest BCUT2D eigenvalue weighted by atomic mass is 32.2. The smallest absolute Gasteiger partial charge is 0.356 e. The SMILES string of the molecule is C=C(C(=O)OC)C1=C(C(=O)OC(c2ccccc2)c2ccccc2)N2C(=O)[C@@H](NC(=O)/C(=N\OC(C)=O)c3csc(N)n3)[C@H]2SC1. The highest BCUT2D eigenvalue weighted by molar-refractivity contribution is 8.00. The number of amides is 2. The Morgan fingerprint density at radius 2 is 1.72 bits per heavy atom. The first kappa shape index (κ1) is 32.1. The first-order chi connectivity index (χ1) is 22.1. The van der Waals surface area contributed by atoms with E-state index >= 15 is 0 Å². The number of aromatic nitrogens is 1. The molecule has 0 radical (unpaired) electrons. The number of nitrogens with one attached hydrogen (secondary N) is 1. The van der Waals surface area contributed by atoms with E-state index in [0.29, 0.717) is 11.1 Å². The van der Waals surface area contributed by atoms with E-state index in [4.69, 9.17) is 15.2 Å². The number of esters is 2. The number of β-lactam (4-membered cyclic amide) rings is 1. The Morgan fingerprint density at radius 3 is 2.26 bits per heavy atom. The number of methoxy groups -OCH3 is 1. The predicted octanol–water partition coefficient (Wildman–Crippen LogP) is 2.71. The van der Waals surface area contributed by atoms with E-state index in [1.165, 1.54) is 29.2 Å². The molecule has 2 aliphatic rings. The van der Waals surface area contributed by atoms with Gasteiger partial charge >= 0.3 is 17.9 Å². The summed E-state index contributed by atoms with van der Waals surface area (Å²) in [5.74, 6) is -3.90. The van der Waals surface area contributed by atoms with Gasteiger partial charge in [-0.3, -0.25) is 14.5 Å². The zero-order valence-electron chi connectivity index (χ0n) is 24.5. The molecule has 2 amide bonds. The summed E-state index contributed by atoms with van der Waals surface area (Å²) in [7, 11) is 1.18. The fourth-order valence-electron chi connectivity index (χ4n) is 4.75. The molecule has 1 saturated heterocycles. The van der Waals surface area contributed by atoms with Gasteiger partial charge in [0.15, 0.2) is 16.9 Å². The number of oxime groups is 1. The van der Waals surface area contributed by atoms with Crippen LogP contribution in [0.3, 0.4) is 0 Å². The molecule has 236 valence electrons. The summed E-state index contributed by atoms with van der Waals surface area (Å²) < 4.78 is 10.9. The molecule has 3 N–H and O–H groups in total. The third kappa shape index (κ3) is 6.55. The predicted molar refractivity (Wildman–Crippen MR) is 169 cm³/mol. The summed E-state index contributed by atoms with van der Waals surface area (Å²) in [6.07, 6.45) is -0.847. The van der Waals surface area contributed by atoms with Gasteiger partial charge in [-0.2, -0.15) is 0 Å². The highest BCUT2D eigenvalue weighted by Crippen LogP contribution is 2.43. The van der Waals surface area contributed by atoms with Crippen LogP contribution in [0.5, 0.6) is 0 Å². The van der Waals surface area contributed by atoms with E-state index in [0.717, 1.165) is 18.3 Å². The largest absolute Gasteiger partial charge is 0.465 e. The third-order valence-corrected chi connectivity index (χ3v) is 8.87. The number of nitrogen functional groups attached to an aromatic ring is 1. The molecule has 2 aromatic carbocycles. The quantitative estimate of drug-likeness (QED) is 0.0815. The molecule has 0 aliphatic carbocycles. The minimum absolute atomic E-state index is 0.0369. The molecule has 1 aromatic heterocycles. The van der Waals surface area contributed by atoms with Crippen molar-refractivity contribution >= 4 is 63.7 Å². The number of ether oxygens (including phenoxy) is 2. The number of anilines is 1. The van der Waals surface area contributed by atoms with Gasteiger partial charge < -0.3 is 25.4 Å². The summed E-state index contributed by atoms with van der Waals surface area (Å²) in [6, 6.07) is 17.0. The molecule has 2 aliphatic heterocycles. The van der Waals surface area contributed by atoms with Crippen LogP contribution >= 0.6 is 23.1 Å². The zero-order chi connectivity index (χ0) is 33.0. The van der Waals surface area contributed by atoms with Crippen LogP contribution in [0.15, 0.2) is 94.6 Å². The van der Waals surface area contributed by atoms with Crippen LogP contribution < -0.4 is 11.1 Å². The molecule has 3 heterocycles. The second kappa shape index (κ2) is 13.8. The zero-order valence-corrected chi connectivity index (χ0v) is 26.1. The van der Waals surface area contributed by atoms with Crippen molar-refractivity contribution in [1.82, 2.24) is 15.2 Å². The van der Waals surface area contributed by atoms with Crippen molar-refractivity contribution in [1.29, 1.82) is 0 Å². The van der Waals surface area contributed by atoms with Crippen LogP contribution in [0.2, 0.25) is 0 Å². The molecule has 1 fully saturated rings. The van der Waals surface area contributed by atoms with Crippen molar-refractivity contribution in [2.24, 2.45) is 5.16 Å². The molecule has 2 atom stereocenters. The average molecular weight is 662 g/mol. The maximum Gasteiger partial charge on any atom is 0.356 e. The van der Waals surface area contributed by atoms with Crippen LogP contribution in [-0.4, -0.2) is 69.6 Å². The number of thioether (sulfide) groups is 1. The van der Waals surface area contributed by atoms with Crippen LogP contribution in [-0.2, 0) is 38.3 Å². The molecule has 0 saturated carbocycles. The molecular formula is C31H27N5O8S2. The summed E-state index contributed by atoms with van der Waals surface area (Å²) in [5.41, 5.74) is 6.58. The fraction of sp³-hybridized carbons (Fsp3) is 0.194. The van der Waals surface area contributed by atoms with Gasteiger partial charge in [0, 0.05) is 23.6 Å². The topological polar surface area (TPSA) is 180 Å². The van der Waals surface area contributed by atoms with Crippen LogP contribution in [0.4, 0.5) is 5.13 Å². The number of carbonyl (C=O) groups excluding carboxylic acids is 5. The maximum absolute atomic E-state index is 14.0. The lowest BCUT2D eigenvalue weighted by molar-refractivity contribution is -0.154. The molecule has 15 heteroatoms. The summed E-state index contributed by atoms with van der Waals surface area (Å²) in [4.78, 5) is 74.8. The Hall–Kier alpha value is -5.28. The van der Waals surface area contributed by atoms with Crippen molar-refractivity contribution in [2.45, 2.75) is 24.4 Å². The van der Waals surface area contributed by atoms with E-state index < -0.39 is 47.2 Å². The minimum atomic E-state index is -1.12. The Kier molecular flexibility index (Phi) is 9.63. The Morgan fingerprint density at radius 1 is 1.09 bits per heavy atom. The minimum Gasteiger partial charge on any atom is -0.465 e. The Bertz CT molecular complexity index is 1730. The van der Waals surface area contributed by atoms with Crippen molar-refractivity contribution in [2.75, 3.05) is 18.6 Å². The summed E-state index contributed by atoms with van der Waals surface area (Å²) in [6.45, 7) is 4.92. The number of fused-ring (bicyclic) bond motifs is 1. The van der Waals surface area contributed by atoms with Gasteiger partial charge in [0.1, 0.15) is 22.8 Å². The van der Waals surface area contributed by atoms with Crippen molar-refractivity contribution < 1.29 is 38.3 Å². The summed E-state index contributed by atoms with van der Waals surface area (Å²) >= 11 is 2.23.